The molecule has 0 aliphatic carbocycles. The van der Waals surface area contributed by atoms with Crippen LogP contribution in [-0.2, 0) is 0 Å². The fourth-order valence-electron chi connectivity index (χ4n) is 1.33. The van der Waals surface area contributed by atoms with E-state index in [2.05, 4.69) is 0 Å². The van der Waals surface area contributed by atoms with Gasteiger partial charge < -0.3 is 0 Å². The summed E-state index contributed by atoms with van der Waals surface area (Å²) in [7, 11) is 0. The summed E-state index contributed by atoms with van der Waals surface area (Å²) in [5, 5.41) is 21.0. The summed E-state index contributed by atoms with van der Waals surface area (Å²) in [4.78, 5) is 0. The predicted octanol–water partition coefficient (Wildman–Crippen LogP) is 1.09. The standard InChI is InChI=1S/C8H10N2O2/c11-9-5-6-10(12)8-4-2-1-3-7(8)9/h1-4,11-12H,5-6H2. The van der Waals surface area contributed by atoms with E-state index in [4.69, 9.17) is 0 Å². The molecule has 0 atom stereocenters. The molecule has 0 aromatic heterocycles. The Balaban J connectivity index is 2.47. The molecule has 0 fully saturated rings. The maximum absolute atomic E-state index is 9.37. The lowest BCUT2D eigenvalue weighted by Crippen LogP contribution is -2.37. The van der Waals surface area contributed by atoms with Crippen LogP contribution < -0.4 is 10.1 Å². The molecular formula is C8H10N2O2. The molecule has 1 aliphatic rings. The number of fused-ring (bicyclic) bond motifs is 1. The van der Waals surface area contributed by atoms with Gasteiger partial charge in [-0.05, 0) is 12.1 Å². The first-order valence-corrected chi connectivity index (χ1v) is 3.81. The lowest BCUT2D eigenvalue weighted by molar-refractivity contribution is 0.205. The summed E-state index contributed by atoms with van der Waals surface area (Å²) < 4.78 is 0. The first kappa shape index (κ1) is 7.39. The molecule has 0 bridgehead atoms. The number of para-hydroxylation sites is 2. The van der Waals surface area contributed by atoms with Crippen LogP contribution in [0.5, 0.6) is 0 Å². The highest BCUT2D eigenvalue weighted by Gasteiger charge is 2.18. The lowest BCUT2D eigenvalue weighted by atomic mass is 10.2. The van der Waals surface area contributed by atoms with Gasteiger partial charge in [-0.25, -0.2) is 0 Å². The van der Waals surface area contributed by atoms with Crippen LogP contribution in [0.3, 0.4) is 0 Å². The van der Waals surface area contributed by atoms with Crippen molar-refractivity contribution in [1.29, 1.82) is 0 Å². The zero-order valence-electron chi connectivity index (χ0n) is 6.51. The molecule has 1 aromatic rings. The van der Waals surface area contributed by atoms with Crippen molar-refractivity contribution in [1.82, 2.24) is 0 Å². The smallest absolute Gasteiger partial charge is 0.0891 e. The van der Waals surface area contributed by atoms with Crippen LogP contribution in [0.1, 0.15) is 0 Å². The molecule has 4 nitrogen and oxygen atoms in total. The minimum absolute atomic E-state index is 0.424. The van der Waals surface area contributed by atoms with Crippen LogP contribution in [0.15, 0.2) is 24.3 Å². The normalized spacial score (nSPS) is 16.2. The van der Waals surface area contributed by atoms with Gasteiger partial charge in [0, 0.05) is 0 Å². The average molecular weight is 166 g/mol. The third kappa shape index (κ3) is 1.01. The van der Waals surface area contributed by atoms with Gasteiger partial charge in [0.15, 0.2) is 0 Å². The number of benzene rings is 1. The van der Waals surface area contributed by atoms with Crippen LogP contribution in [-0.4, -0.2) is 23.5 Å². The maximum atomic E-state index is 9.37. The zero-order chi connectivity index (χ0) is 8.55. The maximum Gasteiger partial charge on any atom is 0.0891 e. The van der Waals surface area contributed by atoms with E-state index in [0.29, 0.717) is 24.5 Å². The van der Waals surface area contributed by atoms with Crippen molar-refractivity contribution in [3.8, 4) is 0 Å². The number of hydroxylamine groups is 2. The molecule has 0 saturated heterocycles. The molecule has 1 aromatic carbocycles. The van der Waals surface area contributed by atoms with Crippen molar-refractivity contribution in [3.63, 3.8) is 0 Å². The Kier molecular flexibility index (Phi) is 1.64. The van der Waals surface area contributed by atoms with E-state index in [-0.39, 0.29) is 0 Å². The first-order chi connectivity index (χ1) is 5.79. The van der Waals surface area contributed by atoms with E-state index < -0.39 is 0 Å². The van der Waals surface area contributed by atoms with Crippen LogP contribution in [0.25, 0.3) is 0 Å². The highest BCUT2D eigenvalue weighted by Crippen LogP contribution is 2.29. The molecule has 0 unspecified atom stereocenters. The third-order valence-electron chi connectivity index (χ3n) is 1.96. The first-order valence-electron chi connectivity index (χ1n) is 3.81. The fourth-order valence-corrected chi connectivity index (χ4v) is 1.33. The molecule has 4 heteroatoms. The van der Waals surface area contributed by atoms with Crippen LogP contribution in [0, 0.1) is 0 Å². The summed E-state index contributed by atoms with van der Waals surface area (Å²) >= 11 is 0. The van der Waals surface area contributed by atoms with Gasteiger partial charge in [0.1, 0.15) is 0 Å². The second-order valence-corrected chi connectivity index (χ2v) is 2.73. The Bertz CT molecular complexity index is 261. The molecule has 1 aliphatic heterocycles. The Labute approximate surface area is 70.2 Å². The highest BCUT2D eigenvalue weighted by molar-refractivity contribution is 5.70. The van der Waals surface area contributed by atoms with Gasteiger partial charge >= 0.3 is 0 Å². The van der Waals surface area contributed by atoms with Gasteiger partial charge in [-0.15, -0.1) is 0 Å². The van der Waals surface area contributed by atoms with Crippen LogP contribution >= 0.6 is 0 Å². The molecule has 12 heavy (non-hydrogen) atoms. The largest absolute Gasteiger partial charge is 0.288 e. The van der Waals surface area contributed by atoms with Crippen molar-refractivity contribution < 1.29 is 10.4 Å². The second kappa shape index (κ2) is 2.66. The van der Waals surface area contributed by atoms with Gasteiger partial charge in [0.2, 0.25) is 0 Å². The molecule has 1 heterocycles. The van der Waals surface area contributed by atoms with Crippen molar-refractivity contribution in [2.24, 2.45) is 0 Å². The molecule has 2 rings (SSSR count). The zero-order valence-corrected chi connectivity index (χ0v) is 6.51. The molecule has 0 amide bonds. The quantitative estimate of drug-likeness (QED) is 0.605. The van der Waals surface area contributed by atoms with Gasteiger partial charge in [-0.2, -0.15) is 0 Å². The van der Waals surface area contributed by atoms with Crippen LogP contribution in [0.2, 0.25) is 0 Å². The summed E-state index contributed by atoms with van der Waals surface area (Å²) in [6.07, 6.45) is 0. The molecule has 64 valence electrons. The third-order valence-corrected chi connectivity index (χ3v) is 1.96. The fraction of sp³-hybridized carbons (Fsp3) is 0.250. The van der Waals surface area contributed by atoms with E-state index in [0.717, 1.165) is 10.1 Å². The van der Waals surface area contributed by atoms with E-state index in [1.54, 1.807) is 12.1 Å². The number of anilines is 2. The van der Waals surface area contributed by atoms with Crippen molar-refractivity contribution >= 4 is 11.4 Å². The van der Waals surface area contributed by atoms with Crippen molar-refractivity contribution in [3.05, 3.63) is 24.3 Å². The number of rotatable bonds is 0. The molecule has 2 N–H and O–H groups in total. The van der Waals surface area contributed by atoms with E-state index in [1.807, 2.05) is 12.1 Å². The van der Waals surface area contributed by atoms with E-state index in [9.17, 15) is 10.4 Å². The topological polar surface area (TPSA) is 46.9 Å². The number of hydrogen-bond acceptors (Lipinski definition) is 4. The monoisotopic (exact) mass is 166 g/mol. The van der Waals surface area contributed by atoms with E-state index in [1.165, 1.54) is 0 Å². The Morgan fingerprint density at radius 2 is 1.33 bits per heavy atom. The van der Waals surface area contributed by atoms with E-state index >= 15 is 0 Å². The minimum Gasteiger partial charge on any atom is -0.288 e. The van der Waals surface area contributed by atoms with Gasteiger partial charge in [0.05, 0.1) is 24.5 Å². The van der Waals surface area contributed by atoms with Crippen molar-refractivity contribution in [2.75, 3.05) is 23.2 Å². The number of hydrogen-bond donors (Lipinski definition) is 2. The SMILES string of the molecule is ON1CCN(O)c2ccccc21. The molecular weight excluding hydrogens is 156 g/mol. The summed E-state index contributed by atoms with van der Waals surface area (Å²) in [5.74, 6) is 0. The Morgan fingerprint density at radius 1 is 0.917 bits per heavy atom. The molecule has 0 spiro atoms. The van der Waals surface area contributed by atoms with Gasteiger partial charge in [-0.1, -0.05) is 12.1 Å². The Hall–Kier alpha value is -1.26. The molecule has 0 saturated carbocycles. The Morgan fingerprint density at radius 3 is 1.75 bits per heavy atom. The van der Waals surface area contributed by atoms with Crippen LogP contribution in [0.4, 0.5) is 11.4 Å². The van der Waals surface area contributed by atoms with Gasteiger partial charge in [-0.3, -0.25) is 20.5 Å². The van der Waals surface area contributed by atoms with Gasteiger partial charge in [0.25, 0.3) is 0 Å². The summed E-state index contributed by atoms with van der Waals surface area (Å²) in [5.41, 5.74) is 1.29. The number of nitrogens with zero attached hydrogens (tertiary/aromatic N) is 2. The minimum atomic E-state index is 0.424. The summed E-state index contributed by atoms with van der Waals surface area (Å²) in [6, 6.07) is 7.16. The second-order valence-electron chi connectivity index (χ2n) is 2.73. The predicted molar refractivity (Wildman–Crippen MR) is 44.7 cm³/mol. The molecule has 0 radical (unpaired) electrons. The average Bonchev–Trinajstić information content (AvgIpc) is 2.12. The highest BCUT2D eigenvalue weighted by atomic mass is 16.5. The lowest BCUT2D eigenvalue weighted by Gasteiger charge is -2.30. The summed E-state index contributed by atoms with van der Waals surface area (Å²) in [6.45, 7) is 0.848. The van der Waals surface area contributed by atoms with Crippen molar-refractivity contribution in [2.45, 2.75) is 0 Å².